The van der Waals surface area contributed by atoms with Gasteiger partial charge in [-0.15, -0.1) is 0 Å². The molecule has 138 valence electrons. The van der Waals surface area contributed by atoms with Crippen molar-refractivity contribution >= 4 is 24.1 Å². The summed E-state index contributed by atoms with van der Waals surface area (Å²) in [6.07, 6.45) is -1.24. The molecule has 0 bridgehead atoms. The van der Waals surface area contributed by atoms with E-state index in [2.05, 4.69) is 26.3 Å². The van der Waals surface area contributed by atoms with Gasteiger partial charge in [-0.05, 0) is 27.7 Å². The van der Waals surface area contributed by atoms with Crippen LogP contribution in [0.2, 0.25) is 0 Å². The van der Waals surface area contributed by atoms with Gasteiger partial charge in [-0.2, -0.15) is 0 Å². The van der Waals surface area contributed by atoms with Gasteiger partial charge in [0.1, 0.15) is 12.1 Å². The Morgan fingerprint density at radius 3 is 2.21 bits per heavy atom. The molecule has 0 fully saturated rings. The van der Waals surface area contributed by atoms with Crippen LogP contribution in [0.25, 0.3) is 0 Å². The fourth-order valence-electron chi connectivity index (χ4n) is 1.29. The Balaban J connectivity index is 4.37. The largest absolute Gasteiger partial charge is 0.450 e. The molecule has 0 atom stereocenters. The molecule has 0 heterocycles. The summed E-state index contributed by atoms with van der Waals surface area (Å²) in [6, 6.07) is 0. The minimum absolute atomic E-state index is 0.0723. The molecule has 0 radical (unpaired) electrons. The van der Waals surface area contributed by atoms with E-state index in [0.717, 1.165) is 0 Å². The van der Waals surface area contributed by atoms with Gasteiger partial charge < -0.3 is 25.4 Å². The second-order valence-corrected chi connectivity index (χ2v) is 5.54. The van der Waals surface area contributed by atoms with Crippen molar-refractivity contribution in [3.8, 4) is 0 Å². The molecule has 0 aliphatic heterocycles. The Hall–Kier alpha value is -2.52. The summed E-state index contributed by atoms with van der Waals surface area (Å²) in [5, 5.41) is 10.1. The van der Waals surface area contributed by atoms with Gasteiger partial charge in [0.25, 0.3) is 0 Å². The van der Waals surface area contributed by atoms with Crippen molar-refractivity contribution in [2.45, 2.75) is 33.3 Å². The Morgan fingerprint density at radius 1 is 1.04 bits per heavy atom. The molecular formula is C14H27N5O5. The van der Waals surface area contributed by atoms with Crippen LogP contribution in [0.3, 0.4) is 0 Å². The van der Waals surface area contributed by atoms with Crippen molar-refractivity contribution in [2.24, 2.45) is 4.99 Å². The maximum atomic E-state index is 11.5. The van der Waals surface area contributed by atoms with Crippen LogP contribution in [0.15, 0.2) is 4.99 Å². The molecule has 24 heavy (non-hydrogen) atoms. The van der Waals surface area contributed by atoms with E-state index in [-0.39, 0.29) is 38.1 Å². The zero-order valence-electron chi connectivity index (χ0n) is 14.8. The van der Waals surface area contributed by atoms with Crippen molar-refractivity contribution in [1.82, 2.24) is 21.3 Å². The molecule has 0 spiro atoms. The molecule has 0 aliphatic rings. The highest BCUT2D eigenvalue weighted by atomic mass is 16.6. The van der Waals surface area contributed by atoms with Crippen LogP contribution >= 0.6 is 0 Å². The fourth-order valence-corrected chi connectivity index (χ4v) is 1.29. The van der Waals surface area contributed by atoms with E-state index < -0.39 is 17.8 Å². The van der Waals surface area contributed by atoms with Gasteiger partial charge in [0.2, 0.25) is 11.9 Å². The van der Waals surface area contributed by atoms with Crippen molar-refractivity contribution < 1.29 is 23.9 Å². The second kappa shape index (κ2) is 11.1. The van der Waals surface area contributed by atoms with Crippen molar-refractivity contribution in [3.05, 3.63) is 0 Å². The lowest BCUT2D eigenvalue weighted by Crippen LogP contribution is -2.45. The zero-order chi connectivity index (χ0) is 18.6. The van der Waals surface area contributed by atoms with Gasteiger partial charge in [0.15, 0.2) is 0 Å². The predicted octanol–water partition coefficient (Wildman–Crippen LogP) is -0.0512. The minimum Gasteiger partial charge on any atom is -0.450 e. The number of alkyl carbamates (subject to hydrolysis) is 2. The summed E-state index contributed by atoms with van der Waals surface area (Å²) in [4.78, 5) is 38.1. The van der Waals surface area contributed by atoms with Crippen LogP contribution < -0.4 is 21.3 Å². The number of hydrogen-bond acceptors (Lipinski definition) is 6. The minimum atomic E-state index is -0.694. The number of ether oxygens (including phenoxy) is 2. The Morgan fingerprint density at radius 2 is 1.67 bits per heavy atom. The van der Waals surface area contributed by atoms with Crippen molar-refractivity contribution in [3.63, 3.8) is 0 Å². The van der Waals surface area contributed by atoms with Crippen LogP contribution in [0.5, 0.6) is 0 Å². The van der Waals surface area contributed by atoms with Crippen molar-refractivity contribution in [1.29, 1.82) is 0 Å². The summed E-state index contributed by atoms with van der Waals surface area (Å²) < 4.78 is 9.83. The van der Waals surface area contributed by atoms with E-state index in [0.29, 0.717) is 0 Å². The summed E-state index contributed by atoms with van der Waals surface area (Å²) >= 11 is 0. The van der Waals surface area contributed by atoms with Gasteiger partial charge in [0, 0.05) is 20.1 Å². The normalized spacial score (nSPS) is 11.3. The molecule has 10 heteroatoms. The zero-order valence-corrected chi connectivity index (χ0v) is 14.8. The summed E-state index contributed by atoms with van der Waals surface area (Å²) in [7, 11) is 1.48. The molecule has 10 nitrogen and oxygen atoms in total. The SMILES string of the molecule is CCOC(=O)NC(=NCC(=O)NC)NCCNC(=O)OC(C)(C)C. The number of aliphatic imine (C=N–C) groups is 1. The predicted molar refractivity (Wildman–Crippen MR) is 88.8 cm³/mol. The Bertz CT molecular complexity index is 459. The second-order valence-electron chi connectivity index (χ2n) is 5.54. The van der Waals surface area contributed by atoms with E-state index in [1.165, 1.54) is 7.05 Å². The number of carbonyl (C=O) groups is 3. The van der Waals surface area contributed by atoms with Crippen LogP contribution in [0, 0.1) is 0 Å². The molecule has 0 aromatic carbocycles. The first-order valence-electron chi connectivity index (χ1n) is 7.57. The first-order valence-corrected chi connectivity index (χ1v) is 7.57. The van der Waals surface area contributed by atoms with Crippen LogP contribution in [-0.2, 0) is 14.3 Å². The molecule has 0 saturated heterocycles. The number of guanidine groups is 1. The summed E-state index contributed by atoms with van der Waals surface area (Å²) in [5.41, 5.74) is -0.580. The van der Waals surface area contributed by atoms with E-state index in [1.807, 2.05) is 0 Å². The van der Waals surface area contributed by atoms with Gasteiger partial charge in [0.05, 0.1) is 6.61 Å². The fraction of sp³-hybridized carbons (Fsp3) is 0.714. The molecule has 3 amide bonds. The lowest BCUT2D eigenvalue weighted by molar-refractivity contribution is -0.119. The quantitative estimate of drug-likeness (QED) is 0.303. The Kier molecular flexibility index (Phi) is 9.92. The third-order valence-electron chi connectivity index (χ3n) is 2.24. The number of carbonyl (C=O) groups excluding carboxylic acids is 3. The number of amides is 3. The van der Waals surface area contributed by atoms with Gasteiger partial charge in [-0.25, -0.2) is 14.6 Å². The average Bonchev–Trinajstić information content (AvgIpc) is 2.46. The standard InChI is InChI=1S/C14H27N5O5/c1-6-23-13(22)19-11(18-9-10(20)15-5)16-7-8-17-12(21)24-14(2,3)4/h6-9H2,1-5H3,(H,15,20)(H,17,21)(H2,16,18,19,22). The van der Waals surface area contributed by atoms with E-state index in [9.17, 15) is 14.4 Å². The lowest BCUT2D eigenvalue weighted by atomic mass is 10.2. The molecule has 0 aromatic rings. The van der Waals surface area contributed by atoms with Gasteiger partial charge >= 0.3 is 12.2 Å². The Labute approximate surface area is 141 Å². The summed E-state index contributed by atoms with van der Waals surface area (Å²) in [6.45, 7) is 7.49. The molecule has 0 saturated carbocycles. The van der Waals surface area contributed by atoms with Crippen LogP contribution in [0.4, 0.5) is 9.59 Å². The van der Waals surface area contributed by atoms with E-state index in [1.54, 1.807) is 27.7 Å². The molecular weight excluding hydrogens is 318 g/mol. The number of nitrogens with zero attached hydrogens (tertiary/aromatic N) is 1. The number of rotatable bonds is 6. The maximum absolute atomic E-state index is 11.5. The molecule has 0 aromatic heterocycles. The highest BCUT2D eigenvalue weighted by molar-refractivity contribution is 5.95. The first kappa shape index (κ1) is 21.5. The number of likely N-dealkylation sites (N-methyl/N-ethyl adjacent to an activating group) is 1. The van der Waals surface area contributed by atoms with Crippen LogP contribution in [0.1, 0.15) is 27.7 Å². The highest BCUT2D eigenvalue weighted by Crippen LogP contribution is 2.05. The first-order chi connectivity index (χ1) is 11.2. The van der Waals surface area contributed by atoms with E-state index in [4.69, 9.17) is 9.47 Å². The molecule has 4 N–H and O–H groups in total. The average molecular weight is 345 g/mol. The smallest absolute Gasteiger partial charge is 0.413 e. The lowest BCUT2D eigenvalue weighted by Gasteiger charge is -2.19. The summed E-state index contributed by atoms with van der Waals surface area (Å²) in [5.74, 6) is -0.241. The third kappa shape index (κ3) is 12.1. The van der Waals surface area contributed by atoms with E-state index >= 15 is 0 Å². The molecule has 0 unspecified atom stereocenters. The van der Waals surface area contributed by atoms with Crippen molar-refractivity contribution in [2.75, 3.05) is 33.3 Å². The monoisotopic (exact) mass is 345 g/mol. The van der Waals surface area contributed by atoms with Crippen LogP contribution in [-0.4, -0.2) is 62.9 Å². The molecule has 0 aliphatic carbocycles. The highest BCUT2D eigenvalue weighted by Gasteiger charge is 2.15. The third-order valence-corrected chi connectivity index (χ3v) is 2.24. The topological polar surface area (TPSA) is 130 Å². The van der Waals surface area contributed by atoms with Gasteiger partial charge in [-0.1, -0.05) is 0 Å². The number of hydrogen-bond donors (Lipinski definition) is 4. The van der Waals surface area contributed by atoms with Gasteiger partial charge in [-0.3, -0.25) is 10.1 Å². The maximum Gasteiger partial charge on any atom is 0.413 e. The number of nitrogens with one attached hydrogen (secondary N) is 4. The molecule has 0 rings (SSSR count).